The Morgan fingerprint density at radius 3 is 2.08 bits per heavy atom. The highest BCUT2D eigenvalue weighted by atomic mass is 16.4. The van der Waals surface area contributed by atoms with Gasteiger partial charge in [0, 0.05) is 31.2 Å². The Kier molecular flexibility index (Phi) is 5.11. The lowest BCUT2D eigenvalue weighted by Crippen LogP contribution is -2.50. The molecule has 4 atom stereocenters. The number of piperidine rings is 1. The second kappa shape index (κ2) is 6.35. The number of hydrogen-bond donors (Lipinski definition) is 1. The molecular weight excluding hydrogens is 330 g/mol. The largest absolute Gasteiger partial charge is 0.480 e. The number of hydrogen-bond acceptors (Lipinski definition) is 3. The lowest BCUT2D eigenvalue weighted by molar-refractivity contribution is -0.154. The van der Waals surface area contributed by atoms with Gasteiger partial charge < -0.3 is 10.0 Å². The predicted molar refractivity (Wildman–Crippen MR) is 101 cm³/mol. The number of ketones is 1. The number of carbonyl (C=O) groups is 3. The van der Waals surface area contributed by atoms with Gasteiger partial charge in [-0.3, -0.25) is 9.59 Å². The summed E-state index contributed by atoms with van der Waals surface area (Å²) >= 11 is 0. The standard InChI is InChI=1S/C21H35NO4/c1-19(2,3)10-12(23)9-13(20(4,5)6)17(24)22-11-14-15(21(14,7)8)16(22)18(25)26/h13-16H,9-11H2,1-8H3,(H,25,26)/t13-,14+,15+,16+/m1/s1. The van der Waals surface area contributed by atoms with Crippen molar-refractivity contribution in [2.45, 2.75) is 74.3 Å². The van der Waals surface area contributed by atoms with Crippen molar-refractivity contribution < 1.29 is 19.5 Å². The van der Waals surface area contributed by atoms with Crippen LogP contribution in [0.1, 0.15) is 68.2 Å². The fourth-order valence-corrected chi connectivity index (χ4v) is 4.65. The average molecular weight is 366 g/mol. The minimum atomic E-state index is -0.926. The van der Waals surface area contributed by atoms with Gasteiger partial charge in [0.2, 0.25) is 5.91 Å². The van der Waals surface area contributed by atoms with E-state index in [1.54, 1.807) is 4.90 Å². The fraction of sp³-hybridized carbons (Fsp3) is 0.857. The van der Waals surface area contributed by atoms with Gasteiger partial charge in [-0.1, -0.05) is 55.4 Å². The van der Waals surface area contributed by atoms with Gasteiger partial charge in [-0.15, -0.1) is 0 Å². The number of carboxylic acid groups (broad SMARTS) is 1. The fourth-order valence-electron chi connectivity index (χ4n) is 4.65. The van der Waals surface area contributed by atoms with Crippen molar-refractivity contribution in [3.63, 3.8) is 0 Å². The van der Waals surface area contributed by atoms with Crippen molar-refractivity contribution in [2.24, 2.45) is 34.0 Å². The van der Waals surface area contributed by atoms with E-state index in [0.29, 0.717) is 13.0 Å². The summed E-state index contributed by atoms with van der Waals surface area (Å²) in [7, 11) is 0. The van der Waals surface area contributed by atoms with Crippen LogP contribution in [0.3, 0.4) is 0 Å². The maximum Gasteiger partial charge on any atom is 0.326 e. The van der Waals surface area contributed by atoms with E-state index in [0.717, 1.165) is 0 Å². The quantitative estimate of drug-likeness (QED) is 0.807. The minimum absolute atomic E-state index is 0.0148. The Balaban J connectivity index is 2.20. The number of aliphatic carboxylic acids is 1. The molecule has 1 amide bonds. The number of carboxylic acids is 1. The van der Waals surface area contributed by atoms with Crippen LogP contribution in [0.2, 0.25) is 0 Å². The van der Waals surface area contributed by atoms with Gasteiger partial charge in [0.1, 0.15) is 11.8 Å². The van der Waals surface area contributed by atoms with Crippen molar-refractivity contribution >= 4 is 17.7 Å². The van der Waals surface area contributed by atoms with E-state index in [4.69, 9.17) is 0 Å². The third-order valence-electron chi connectivity index (χ3n) is 6.25. The van der Waals surface area contributed by atoms with Gasteiger partial charge in [0.15, 0.2) is 0 Å². The van der Waals surface area contributed by atoms with E-state index in [1.807, 2.05) is 41.5 Å². The van der Waals surface area contributed by atoms with E-state index in [-0.39, 0.29) is 40.8 Å². The van der Waals surface area contributed by atoms with Crippen LogP contribution in [0.5, 0.6) is 0 Å². The summed E-state index contributed by atoms with van der Waals surface area (Å²) in [6.45, 7) is 16.5. The third kappa shape index (κ3) is 3.96. The lowest BCUT2D eigenvalue weighted by Gasteiger charge is -2.36. The molecule has 1 saturated heterocycles. The summed E-state index contributed by atoms with van der Waals surface area (Å²) in [4.78, 5) is 39.2. The van der Waals surface area contributed by atoms with Gasteiger partial charge in [0.05, 0.1) is 0 Å². The first kappa shape index (κ1) is 20.9. The van der Waals surface area contributed by atoms with Gasteiger partial charge in [0.25, 0.3) is 0 Å². The van der Waals surface area contributed by atoms with E-state index in [2.05, 4.69) is 13.8 Å². The molecular formula is C21H35NO4. The summed E-state index contributed by atoms with van der Waals surface area (Å²) in [5.41, 5.74) is -0.527. The molecule has 148 valence electrons. The van der Waals surface area contributed by atoms with E-state index >= 15 is 0 Å². The van der Waals surface area contributed by atoms with Gasteiger partial charge >= 0.3 is 5.97 Å². The molecule has 2 fully saturated rings. The van der Waals surface area contributed by atoms with Crippen LogP contribution in [0.25, 0.3) is 0 Å². The normalized spacial score (nSPS) is 28.5. The van der Waals surface area contributed by atoms with E-state index in [9.17, 15) is 19.5 Å². The molecule has 0 spiro atoms. The van der Waals surface area contributed by atoms with Crippen molar-refractivity contribution in [2.75, 3.05) is 6.54 Å². The average Bonchev–Trinajstić information content (AvgIpc) is 2.81. The van der Waals surface area contributed by atoms with Crippen molar-refractivity contribution in [3.8, 4) is 0 Å². The Labute approximate surface area is 157 Å². The Bertz CT molecular complexity index is 608. The van der Waals surface area contributed by atoms with E-state index < -0.39 is 23.3 Å². The number of carbonyl (C=O) groups excluding carboxylic acids is 2. The smallest absolute Gasteiger partial charge is 0.326 e. The first-order valence-electron chi connectivity index (χ1n) is 9.62. The lowest BCUT2D eigenvalue weighted by atomic mass is 9.75. The van der Waals surface area contributed by atoms with Crippen LogP contribution in [0, 0.1) is 34.0 Å². The second-order valence-corrected chi connectivity index (χ2v) is 11.1. The maximum atomic E-state index is 13.3. The molecule has 5 nitrogen and oxygen atoms in total. The first-order chi connectivity index (χ1) is 11.6. The number of Topliss-reactive ketones (excluding diaryl/α,β-unsaturated/α-hetero) is 1. The maximum absolute atomic E-state index is 13.3. The summed E-state index contributed by atoms with van der Waals surface area (Å²) in [6.07, 6.45) is 0.606. The zero-order valence-electron chi connectivity index (χ0n) is 17.5. The highest BCUT2D eigenvalue weighted by Gasteiger charge is 2.69. The number of rotatable bonds is 5. The van der Waals surface area contributed by atoms with Crippen molar-refractivity contribution in [1.82, 2.24) is 4.90 Å². The van der Waals surface area contributed by atoms with Crippen LogP contribution in [0.4, 0.5) is 0 Å². The number of likely N-dealkylation sites (tertiary alicyclic amines) is 1. The van der Waals surface area contributed by atoms with Crippen LogP contribution in [0.15, 0.2) is 0 Å². The number of nitrogens with zero attached hydrogens (tertiary/aromatic N) is 1. The molecule has 0 aromatic carbocycles. The van der Waals surface area contributed by atoms with Gasteiger partial charge in [-0.25, -0.2) is 4.79 Å². The molecule has 26 heavy (non-hydrogen) atoms. The Hall–Kier alpha value is -1.39. The monoisotopic (exact) mass is 365 g/mol. The van der Waals surface area contributed by atoms with Crippen LogP contribution < -0.4 is 0 Å². The molecule has 2 aliphatic rings. The van der Waals surface area contributed by atoms with E-state index in [1.165, 1.54) is 0 Å². The zero-order chi connectivity index (χ0) is 20.2. The highest BCUT2D eigenvalue weighted by Crippen LogP contribution is 2.65. The van der Waals surface area contributed by atoms with Crippen molar-refractivity contribution in [3.05, 3.63) is 0 Å². The summed E-state index contributed by atoms with van der Waals surface area (Å²) < 4.78 is 0. The van der Waals surface area contributed by atoms with Crippen LogP contribution >= 0.6 is 0 Å². The molecule has 1 aliphatic heterocycles. The van der Waals surface area contributed by atoms with Crippen LogP contribution in [-0.4, -0.2) is 40.3 Å². The van der Waals surface area contributed by atoms with Gasteiger partial charge in [-0.05, 0) is 22.2 Å². The van der Waals surface area contributed by atoms with Gasteiger partial charge in [-0.2, -0.15) is 0 Å². The summed E-state index contributed by atoms with van der Waals surface area (Å²) in [6, 6.07) is -0.759. The molecule has 1 saturated carbocycles. The summed E-state index contributed by atoms with van der Waals surface area (Å²) in [5.74, 6) is -1.24. The molecule has 2 rings (SSSR count). The molecule has 0 aromatic heterocycles. The minimum Gasteiger partial charge on any atom is -0.480 e. The topological polar surface area (TPSA) is 74.7 Å². The highest BCUT2D eigenvalue weighted by molar-refractivity contribution is 5.91. The third-order valence-corrected chi connectivity index (χ3v) is 6.25. The Morgan fingerprint density at radius 2 is 1.65 bits per heavy atom. The molecule has 0 bridgehead atoms. The SMILES string of the molecule is CC(C)(C)CC(=O)C[C@H](C(=O)N1C[C@H]2[C@@H]([C@H]1C(=O)O)C2(C)C)C(C)(C)C. The zero-order valence-corrected chi connectivity index (χ0v) is 17.5. The predicted octanol–water partition coefficient (Wildman–Crippen LogP) is 3.61. The Morgan fingerprint density at radius 1 is 1.12 bits per heavy atom. The molecule has 1 aliphatic carbocycles. The molecule has 0 radical (unpaired) electrons. The summed E-state index contributed by atoms with van der Waals surface area (Å²) in [5, 5.41) is 9.72. The van der Waals surface area contributed by atoms with Crippen LogP contribution in [-0.2, 0) is 14.4 Å². The number of amides is 1. The number of fused-ring (bicyclic) bond motifs is 1. The molecule has 5 heteroatoms. The first-order valence-corrected chi connectivity index (χ1v) is 9.62. The molecule has 1 heterocycles. The van der Waals surface area contributed by atoms with Crippen molar-refractivity contribution in [1.29, 1.82) is 0 Å². The second-order valence-electron chi connectivity index (χ2n) is 11.1. The molecule has 0 aromatic rings. The molecule has 1 N–H and O–H groups in total. The molecule has 0 unspecified atom stereocenters.